The van der Waals surface area contributed by atoms with Crippen LogP contribution in [0.2, 0.25) is 0 Å². The maximum Gasteiger partial charge on any atom is 2.00 e. The number of nitrogens with zero attached hydrogens (tertiary/aromatic N) is 2. The first-order valence-corrected chi connectivity index (χ1v) is 7.99. The molecule has 0 saturated carbocycles. The summed E-state index contributed by atoms with van der Waals surface area (Å²) in [6.07, 6.45) is 2.23. The first-order valence-electron chi connectivity index (χ1n) is 6.36. The van der Waals surface area contributed by atoms with E-state index in [0.29, 0.717) is 8.64 Å². The molecule has 0 aliphatic heterocycles. The summed E-state index contributed by atoms with van der Waals surface area (Å²) in [6, 6.07) is 0. The second-order valence-corrected chi connectivity index (χ2v) is 5.75. The maximum atomic E-state index is 4.82. The first-order chi connectivity index (χ1) is 8.44. The fourth-order valence-corrected chi connectivity index (χ4v) is 2.18. The van der Waals surface area contributed by atoms with Crippen molar-refractivity contribution in [2.24, 2.45) is 0 Å². The van der Waals surface area contributed by atoms with E-state index < -0.39 is 0 Å². The second-order valence-electron chi connectivity index (χ2n) is 3.69. The smallest absolute Gasteiger partial charge is 0.411 e. The van der Waals surface area contributed by atoms with Gasteiger partial charge in [-0.2, -0.15) is 0 Å². The molecule has 0 aliphatic carbocycles. The van der Waals surface area contributed by atoms with Crippen LogP contribution in [0.25, 0.3) is 0 Å². The van der Waals surface area contributed by atoms with Gasteiger partial charge < -0.3 is 59.5 Å². The van der Waals surface area contributed by atoms with Crippen molar-refractivity contribution < 1.29 is 0 Å². The molecule has 0 saturated heterocycles. The summed E-state index contributed by atoms with van der Waals surface area (Å²) in [6.45, 7) is 12.2. The maximum absolute atomic E-state index is 4.82. The Morgan fingerprint density at radius 3 is 1.11 bits per heavy atom. The summed E-state index contributed by atoms with van der Waals surface area (Å²) in [5.74, 6) is 0. The van der Waals surface area contributed by atoms with E-state index in [1.807, 2.05) is 9.80 Å². The van der Waals surface area contributed by atoms with Gasteiger partial charge in [0.2, 0.25) is 0 Å². The number of thiocarbonyl (C=S) groups is 2. The number of hydrogen-bond acceptors (Lipinski definition) is 4. The fourth-order valence-electron chi connectivity index (χ4n) is 1.30. The van der Waals surface area contributed by atoms with Gasteiger partial charge in [0, 0.05) is 26.2 Å². The Balaban J connectivity index is -0.000000256. The third kappa shape index (κ3) is 15.7. The Bertz CT molecular complexity index is 216. The molecule has 0 heterocycles. The van der Waals surface area contributed by atoms with Gasteiger partial charge in [0.05, 0.1) is 0 Å². The molecular weight excluding hydrogens is 340 g/mol. The predicted octanol–water partition coefficient (Wildman–Crippen LogP) is 2.72. The monoisotopic (exact) mass is 364 g/mol. The van der Waals surface area contributed by atoms with Gasteiger partial charge in [0.1, 0.15) is 0 Å². The van der Waals surface area contributed by atoms with Gasteiger partial charge in [0.25, 0.3) is 0 Å². The summed E-state index contributed by atoms with van der Waals surface area (Å²) >= 11 is 19.3. The van der Waals surface area contributed by atoms with Crippen molar-refractivity contribution >= 4 is 96.1 Å². The average Bonchev–Trinajstić information content (AvgIpc) is 2.32. The average molecular weight is 365 g/mol. The summed E-state index contributed by atoms with van der Waals surface area (Å²) in [5.41, 5.74) is 0. The molecule has 0 fully saturated rings. The molecule has 0 unspecified atom stereocenters. The molecule has 0 aromatic heterocycles. The minimum Gasteiger partial charge on any atom is -0.411 e. The van der Waals surface area contributed by atoms with E-state index in [0.717, 1.165) is 39.0 Å². The van der Waals surface area contributed by atoms with Crippen molar-refractivity contribution in [3.8, 4) is 0 Å². The molecule has 0 aromatic rings. The van der Waals surface area contributed by atoms with Gasteiger partial charge in [-0.3, -0.25) is 0 Å². The summed E-state index contributed by atoms with van der Waals surface area (Å²) < 4.78 is 1.19. The molecule has 0 aliphatic rings. The van der Waals surface area contributed by atoms with Crippen LogP contribution in [0.1, 0.15) is 40.5 Å². The topological polar surface area (TPSA) is 6.48 Å². The van der Waals surface area contributed by atoms with Crippen molar-refractivity contribution in [1.82, 2.24) is 9.80 Å². The minimum absolute atomic E-state index is 0. The Kier molecular flexibility index (Phi) is 23.5. The third-order valence-electron chi connectivity index (χ3n) is 2.27. The molecule has 0 N–H and O–H groups in total. The molecule has 0 spiro atoms. The van der Waals surface area contributed by atoms with E-state index in [4.69, 9.17) is 49.7 Å². The Morgan fingerprint density at radius 1 is 0.789 bits per heavy atom. The molecule has 0 radical (unpaired) electrons. The summed E-state index contributed by atoms with van der Waals surface area (Å²) in [5, 5.41) is 0. The summed E-state index contributed by atoms with van der Waals surface area (Å²) in [7, 11) is 0. The quantitative estimate of drug-likeness (QED) is 0.403. The molecule has 0 rings (SSSR count). The zero-order valence-corrected chi connectivity index (χ0v) is 18.0. The largest absolute Gasteiger partial charge is 2.00 e. The Hall–Kier alpha value is 1.48. The van der Waals surface area contributed by atoms with E-state index >= 15 is 0 Å². The predicted molar refractivity (Wildman–Crippen MR) is 101 cm³/mol. The van der Waals surface area contributed by atoms with Gasteiger partial charge in [-0.05, 0) is 26.7 Å². The van der Waals surface area contributed by atoms with Crippen molar-refractivity contribution in [2.75, 3.05) is 26.2 Å². The normalized spacial score (nSPS) is 8.63. The number of hydrogen-bond donors (Lipinski definition) is 0. The van der Waals surface area contributed by atoms with Crippen LogP contribution in [0, 0.1) is 0 Å². The minimum atomic E-state index is 0. The van der Waals surface area contributed by atoms with Gasteiger partial charge in [-0.1, -0.05) is 22.5 Å². The van der Waals surface area contributed by atoms with Gasteiger partial charge >= 0.3 is 37.7 Å². The van der Waals surface area contributed by atoms with E-state index in [1.165, 1.54) is 0 Å². The molecule has 19 heavy (non-hydrogen) atoms. The van der Waals surface area contributed by atoms with Crippen molar-refractivity contribution in [2.45, 2.75) is 40.5 Å². The molecule has 0 aromatic carbocycles. The third-order valence-corrected chi connectivity index (χ3v) is 3.30. The fraction of sp³-hybridized carbons (Fsp3) is 0.833. The van der Waals surface area contributed by atoms with Crippen LogP contribution in [0.5, 0.6) is 0 Å². The zero-order chi connectivity index (χ0) is 14.6. The van der Waals surface area contributed by atoms with Crippen LogP contribution in [0.4, 0.5) is 0 Å². The van der Waals surface area contributed by atoms with Gasteiger partial charge in [-0.15, -0.1) is 0 Å². The summed E-state index contributed by atoms with van der Waals surface area (Å²) in [4.78, 5) is 4.04. The van der Waals surface area contributed by atoms with E-state index in [1.54, 1.807) is 0 Å². The van der Waals surface area contributed by atoms with Crippen LogP contribution in [-0.2, 0) is 25.3 Å². The molecular formula is C12H24CaN2S4. The van der Waals surface area contributed by atoms with Crippen LogP contribution in [-0.4, -0.2) is 82.4 Å². The molecule has 2 nitrogen and oxygen atoms in total. The molecule has 0 bridgehead atoms. The van der Waals surface area contributed by atoms with Crippen molar-refractivity contribution in [1.29, 1.82) is 0 Å². The van der Waals surface area contributed by atoms with Gasteiger partial charge in [0.15, 0.2) is 0 Å². The Morgan fingerprint density at radius 2 is 1.05 bits per heavy atom. The van der Waals surface area contributed by atoms with Crippen LogP contribution in [0.15, 0.2) is 0 Å². The SMILES string of the molecule is CCCN(CC)C(=S)[S-].CCCN(CC)C(=S)[S-].[Ca+2]. The molecule has 0 atom stereocenters. The molecule has 108 valence electrons. The standard InChI is InChI=1S/2C6H13NS2.Ca/c2*1-3-5-7(4-2)6(8)9;/h2*3-5H2,1-2H3,(H,8,9);/q;;+2/p-2. The Labute approximate surface area is 170 Å². The zero-order valence-electron chi connectivity index (χ0n) is 12.5. The van der Waals surface area contributed by atoms with Crippen LogP contribution in [0.3, 0.4) is 0 Å². The van der Waals surface area contributed by atoms with Crippen molar-refractivity contribution in [3.05, 3.63) is 0 Å². The first kappa shape index (κ1) is 25.4. The van der Waals surface area contributed by atoms with E-state index in [2.05, 4.69) is 27.7 Å². The van der Waals surface area contributed by atoms with Crippen LogP contribution < -0.4 is 0 Å². The van der Waals surface area contributed by atoms with Crippen molar-refractivity contribution in [3.63, 3.8) is 0 Å². The number of rotatable bonds is 6. The second kappa shape index (κ2) is 17.5. The van der Waals surface area contributed by atoms with E-state index in [-0.39, 0.29) is 37.7 Å². The molecule has 0 amide bonds. The van der Waals surface area contributed by atoms with E-state index in [9.17, 15) is 0 Å². The molecule has 7 heteroatoms. The van der Waals surface area contributed by atoms with Gasteiger partial charge in [-0.25, -0.2) is 0 Å². The van der Waals surface area contributed by atoms with Crippen LogP contribution >= 0.6 is 24.4 Å².